The Bertz CT molecular complexity index is 503. The molecule has 0 atom stereocenters. The van der Waals surface area contributed by atoms with Crippen LogP contribution in [0.15, 0.2) is 34.5 Å². The van der Waals surface area contributed by atoms with Crippen LogP contribution < -0.4 is 0 Å². The summed E-state index contributed by atoms with van der Waals surface area (Å²) < 4.78 is 0. The molecule has 0 unspecified atom stereocenters. The predicted octanol–water partition coefficient (Wildman–Crippen LogP) is 4.12. The average molecular weight is 272 g/mol. The van der Waals surface area contributed by atoms with E-state index in [4.69, 9.17) is 23.2 Å². The normalized spacial score (nSPS) is 12.7. The van der Waals surface area contributed by atoms with Crippen molar-refractivity contribution in [1.82, 2.24) is 0 Å². The van der Waals surface area contributed by atoms with Crippen molar-refractivity contribution in [2.24, 2.45) is 4.99 Å². The molecule has 3 nitrogen and oxygen atoms in total. The summed E-state index contributed by atoms with van der Waals surface area (Å²) in [6.07, 6.45) is 1.30. The van der Waals surface area contributed by atoms with Gasteiger partial charge in [-0.15, -0.1) is 0 Å². The molecule has 0 aliphatic carbocycles. The van der Waals surface area contributed by atoms with Gasteiger partial charge in [0.25, 0.3) is 0 Å². The highest BCUT2D eigenvalue weighted by molar-refractivity contribution is 6.42. The fourth-order valence-electron chi connectivity index (χ4n) is 1.14. The first-order chi connectivity index (χ1) is 7.91. The number of benzene rings is 1. The molecular weight excluding hydrogens is 261 g/mol. The Morgan fingerprint density at radius 2 is 1.94 bits per heavy atom. The molecule has 0 aromatic heterocycles. The van der Waals surface area contributed by atoms with Gasteiger partial charge in [-0.1, -0.05) is 23.2 Å². The second-order valence-electron chi connectivity index (χ2n) is 3.41. The molecule has 0 spiro atoms. The lowest BCUT2D eigenvalue weighted by Gasteiger charge is -1.99. The zero-order valence-electron chi connectivity index (χ0n) is 9.37. The number of hydrogen-bond acceptors (Lipinski definition) is 3. The monoisotopic (exact) mass is 271 g/mol. The summed E-state index contributed by atoms with van der Waals surface area (Å²) in [5, 5.41) is 10.1. The van der Waals surface area contributed by atoms with Crippen molar-refractivity contribution < 1.29 is 9.90 Å². The van der Waals surface area contributed by atoms with Crippen LogP contribution in [0.2, 0.25) is 10.0 Å². The molecule has 0 aliphatic rings. The first-order valence-corrected chi connectivity index (χ1v) is 5.57. The molecule has 0 saturated carbocycles. The van der Waals surface area contributed by atoms with Crippen molar-refractivity contribution in [2.75, 3.05) is 0 Å². The third-order valence-corrected chi connectivity index (χ3v) is 2.75. The molecule has 0 bridgehead atoms. The SMILES string of the molecule is CC(=O)/C(C=Nc1ccc(Cl)c(Cl)c1)=C(/C)O. The molecule has 0 radical (unpaired) electrons. The number of ketones is 1. The minimum absolute atomic E-state index is 0.0682. The molecule has 0 amide bonds. The molecule has 0 saturated heterocycles. The number of halogens is 2. The molecule has 90 valence electrons. The van der Waals surface area contributed by atoms with Crippen molar-refractivity contribution in [3.63, 3.8) is 0 Å². The number of aliphatic imine (C=N–C) groups is 1. The van der Waals surface area contributed by atoms with Gasteiger partial charge in [-0.05, 0) is 32.0 Å². The van der Waals surface area contributed by atoms with Gasteiger partial charge in [-0.25, -0.2) is 0 Å². The maximum atomic E-state index is 11.2. The van der Waals surface area contributed by atoms with Crippen molar-refractivity contribution in [2.45, 2.75) is 13.8 Å². The van der Waals surface area contributed by atoms with E-state index in [1.165, 1.54) is 20.1 Å². The minimum atomic E-state index is -0.256. The molecule has 1 aromatic rings. The summed E-state index contributed by atoms with van der Waals surface area (Å²) in [6, 6.07) is 4.85. The van der Waals surface area contributed by atoms with E-state index in [1.807, 2.05) is 0 Å². The van der Waals surface area contributed by atoms with Crippen molar-refractivity contribution in [3.8, 4) is 0 Å². The van der Waals surface area contributed by atoms with Crippen LogP contribution in [-0.4, -0.2) is 17.1 Å². The summed E-state index contributed by atoms with van der Waals surface area (Å²) in [5.41, 5.74) is 0.718. The van der Waals surface area contributed by atoms with Gasteiger partial charge in [0.05, 0.1) is 21.3 Å². The minimum Gasteiger partial charge on any atom is -0.512 e. The number of allylic oxidation sites excluding steroid dienone is 2. The Labute approximate surface area is 109 Å². The van der Waals surface area contributed by atoms with Crippen LogP contribution in [0.25, 0.3) is 0 Å². The van der Waals surface area contributed by atoms with E-state index in [0.717, 1.165) is 0 Å². The molecular formula is C12H11Cl2NO2. The number of carbonyl (C=O) groups is 1. The highest BCUT2D eigenvalue weighted by Crippen LogP contribution is 2.26. The first-order valence-electron chi connectivity index (χ1n) is 4.81. The Kier molecular flexibility index (Phi) is 4.73. The molecule has 1 N–H and O–H groups in total. The number of carbonyl (C=O) groups excluding carboxylic acids is 1. The third-order valence-electron chi connectivity index (χ3n) is 2.01. The van der Waals surface area contributed by atoms with Gasteiger partial charge < -0.3 is 5.11 Å². The van der Waals surface area contributed by atoms with Crippen LogP contribution in [0.4, 0.5) is 5.69 Å². The lowest BCUT2D eigenvalue weighted by atomic mass is 10.2. The quantitative estimate of drug-likeness (QED) is 0.511. The first kappa shape index (κ1) is 13.7. The number of hydrogen-bond donors (Lipinski definition) is 1. The molecule has 1 rings (SSSR count). The van der Waals surface area contributed by atoms with Gasteiger partial charge >= 0.3 is 0 Å². The topological polar surface area (TPSA) is 49.7 Å². The van der Waals surface area contributed by atoms with E-state index in [0.29, 0.717) is 15.7 Å². The smallest absolute Gasteiger partial charge is 0.164 e. The Balaban J connectivity index is 3.01. The van der Waals surface area contributed by atoms with Crippen LogP contribution in [0.1, 0.15) is 13.8 Å². The second kappa shape index (κ2) is 5.84. The standard InChI is InChI=1S/C12H11Cl2NO2/c1-7(16)10(8(2)17)6-15-9-3-4-11(13)12(14)5-9/h3-6,16H,1-2H3/b10-7-,15-6?. The summed E-state index contributed by atoms with van der Waals surface area (Å²) >= 11 is 11.6. The van der Waals surface area contributed by atoms with Crippen LogP contribution in [0, 0.1) is 0 Å². The van der Waals surface area contributed by atoms with E-state index in [9.17, 15) is 9.90 Å². The van der Waals surface area contributed by atoms with Crippen molar-refractivity contribution in [3.05, 3.63) is 39.6 Å². The number of nitrogens with zero attached hydrogens (tertiary/aromatic N) is 1. The Hall–Kier alpha value is -1.32. The lowest BCUT2D eigenvalue weighted by molar-refractivity contribution is -0.113. The Morgan fingerprint density at radius 3 is 2.41 bits per heavy atom. The summed E-state index contributed by atoms with van der Waals surface area (Å²) in [6.45, 7) is 2.79. The van der Waals surface area contributed by atoms with Gasteiger partial charge in [0.1, 0.15) is 5.76 Å². The highest BCUT2D eigenvalue weighted by atomic mass is 35.5. The zero-order valence-corrected chi connectivity index (χ0v) is 10.9. The summed E-state index contributed by atoms with van der Waals surface area (Å²) in [4.78, 5) is 15.2. The van der Waals surface area contributed by atoms with Crippen molar-refractivity contribution >= 4 is 40.9 Å². The van der Waals surface area contributed by atoms with E-state index >= 15 is 0 Å². The van der Waals surface area contributed by atoms with Crippen LogP contribution >= 0.6 is 23.2 Å². The molecule has 17 heavy (non-hydrogen) atoms. The summed E-state index contributed by atoms with van der Waals surface area (Å²) in [7, 11) is 0. The van der Waals surface area contributed by atoms with E-state index in [1.54, 1.807) is 18.2 Å². The average Bonchev–Trinajstić information content (AvgIpc) is 2.22. The fraction of sp³-hybridized carbons (Fsp3) is 0.167. The largest absolute Gasteiger partial charge is 0.512 e. The molecule has 0 fully saturated rings. The van der Waals surface area contributed by atoms with Gasteiger partial charge in [-0.2, -0.15) is 0 Å². The predicted molar refractivity (Wildman–Crippen MR) is 70.6 cm³/mol. The summed E-state index contributed by atoms with van der Waals surface area (Å²) in [5.74, 6) is -0.324. The van der Waals surface area contributed by atoms with Gasteiger partial charge in [0.2, 0.25) is 0 Å². The molecule has 1 aromatic carbocycles. The highest BCUT2D eigenvalue weighted by Gasteiger charge is 2.05. The maximum absolute atomic E-state index is 11.2. The van der Waals surface area contributed by atoms with E-state index < -0.39 is 0 Å². The number of aliphatic hydroxyl groups is 1. The van der Waals surface area contributed by atoms with Gasteiger partial charge in [-0.3, -0.25) is 9.79 Å². The van der Waals surface area contributed by atoms with Crippen LogP contribution in [-0.2, 0) is 4.79 Å². The zero-order chi connectivity index (χ0) is 13.0. The Morgan fingerprint density at radius 1 is 1.29 bits per heavy atom. The molecule has 0 heterocycles. The van der Waals surface area contributed by atoms with Crippen LogP contribution in [0.3, 0.4) is 0 Å². The van der Waals surface area contributed by atoms with Gasteiger partial charge in [0, 0.05) is 6.21 Å². The molecule has 5 heteroatoms. The third kappa shape index (κ3) is 3.88. The van der Waals surface area contributed by atoms with Crippen LogP contribution in [0.5, 0.6) is 0 Å². The van der Waals surface area contributed by atoms with Gasteiger partial charge in [0.15, 0.2) is 5.78 Å². The van der Waals surface area contributed by atoms with E-state index in [2.05, 4.69) is 4.99 Å². The van der Waals surface area contributed by atoms with Crippen molar-refractivity contribution in [1.29, 1.82) is 0 Å². The fourth-order valence-corrected chi connectivity index (χ4v) is 1.44. The number of rotatable bonds is 3. The second-order valence-corrected chi connectivity index (χ2v) is 4.23. The number of aliphatic hydroxyl groups excluding tert-OH is 1. The molecule has 0 aliphatic heterocycles. The lowest BCUT2D eigenvalue weighted by Crippen LogP contribution is -2.01. The number of Topliss-reactive ketones (excluding diaryl/α,β-unsaturated/α-hetero) is 1. The maximum Gasteiger partial charge on any atom is 0.164 e. The van der Waals surface area contributed by atoms with E-state index in [-0.39, 0.29) is 17.1 Å².